The van der Waals surface area contributed by atoms with Crippen molar-refractivity contribution in [3.05, 3.63) is 82.9 Å². The first-order valence-corrected chi connectivity index (χ1v) is 9.08. The van der Waals surface area contributed by atoms with Gasteiger partial charge in [-0.2, -0.15) is 0 Å². The fourth-order valence-electron chi connectivity index (χ4n) is 4.30. The average molecular weight is 332 g/mol. The quantitative estimate of drug-likeness (QED) is 0.860. The maximum Gasteiger partial charge on any atom is 0.0784 e. The van der Waals surface area contributed by atoms with Crippen LogP contribution in [0.2, 0.25) is 0 Å². The molecule has 0 spiro atoms. The Bertz CT molecular complexity index is 709. The molecule has 2 saturated carbocycles. The largest absolute Gasteiger partial charge is 0.388 e. The number of hydrogen-bond donors (Lipinski definition) is 2. The molecule has 0 aromatic heterocycles. The lowest BCUT2D eigenvalue weighted by Crippen LogP contribution is -2.42. The number of fused-ring (bicyclic) bond motifs is 2. The van der Waals surface area contributed by atoms with E-state index in [9.17, 15) is 10.2 Å². The SMILES string of the molecule is O[C@@H]1/C(=C/c2ccccc2)C[C@H]2C[C@@H]1C/C(=C\c1ccccc1)[C@H]2O. The van der Waals surface area contributed by atoms with Crippen molar-refractivity contribution in [2.75, 3.05) is 0 Å². The van der Waals surface area contributed by atoms with Gasteiger partial charge in [-0.15, -0.1) is 0 Å². The minimum Gasteiger partial charge on any atom is -0.388 e. The molecule has 2 aliphatic rings. The van der Waals surface area contributed by atoms with Crippen LogP contribution in [0.25, 0.3) is 12.2 Å². The van der Waals surface area contributed by atoms with E-state index in [0.29, 0.717) is 0 Å². The Morgan fingerprint density at radius 3 is 1.44 bits per heavy atom. The molecule has 25 heavy (non-hydrogen) atoms. The normalized spacial score (nSPS) is 32.1. The van der Waals surface area contributed by atoms with Gasteiger partial charge in [-0.05, 0) is 53.4 Å². The molecule has 2 aromatic carbocycles. The fraction of sp³-hybridized carbons (Fsp3) is 0.304. The standard InChI is InChI=1S/C23H24O2/c24-22-18(11-16-7-3-1-4-8-16)13-20-15-21(22)14-19(23(20)25)12-17-9-5-2-6-10-17/h1-12,20-25H,13-15H2/b18-11+,19-12+/t20-,21-,22+,23+/m0/s1. The van der Waals surface area contributed by atoms with Crippen LogP contribution in [-0.4, -0.2) is 22.4 Å². The first kappa shape index (κ1) is 16.3. The van der Waals surface area contributed by atoms with Gasteiger partial charge in [-0.25, -0.2) is 0 Å². The number of rotatable bonds is 2. The van der Waals surface area contributed by atoms with Gasteiger partial charge in [0.15, 0.2) is 0 Å². The molecule has 2 aromatic rings. The molecule has 2 N–H and O–H groups in total. The third kappa shape index (κ3) is 3.46. The summed E-state index contributed by atoms with van der Waals surface area (Å²) < 4.78 is 0. The molecule has 0 aliphatic heterocycles. The van der Waals surface area contributed by atoms with Crippen molar-refractivity contribution in [2.45, 2.75) is 31.5 Å². The summed E-state index contributed by atoms with van der Waals surface area (Å²) in [6.45, 7) is 0. The summed E-state index contributed by atoms with van der Waals surface area (Å²) in [6.07, 6.45) is 5.80. The summed E-state index contributed by atoms with van der Waals surface area (Å²) in [4.78, 5) is 0. The first-order chi connectivity index (χ1) is 12.2. The molecule has 0 unspecified atom stereocenters. The van der Waals surface area contributed by atoms with Crippen LogP contribution < -0.4 is 0 Å². The van der Waals surface area contributed by atoms with Gasteiger partial charge < -0.3 is 10.2 Å². The Hall–Kier alpha value is -2.16. The Balaban J connectivity index is 1.60. The van der Waals surface area contributed by atoms with E-state index in [0.717, 1.165) is 41.5 Å². The van der Waals surface area contributed by atoms with E-state index in [-0.39, 0.29) is 11.8 Å². The minimum atomic E-state index is -0.414. The van der Waals surface area contributed by atoms with Crippen molar-refractivity contribution in [2.24, 2.45) is 11.8 Å². The number of aliphatic hydroxyl groups is 2. The van der Waals surface area contributed by atoms with Crippen molar-refractivity contribution in [1.82, 2.24) is 0 Å². The van der Waals surface area contributed by atoms with E-state index in [1.807, 2.05) is 36.4 Å². The predicted molar refractivity (Wildman–Crippen MR) is 102 cm³/mol. The van der Waals surface area contributed by atoms with Crippen molar-refractivity contribution < 1.29 is 10.2 Å². The highest BCUT2D eigenvalue weighted by atomic mass is 16.3. The maximum atomic E-state index is 10.8. The van der Waals surface area contributed by atoms with Gasteiger partial charge in [0.1, 0.15) is 0 Å². The molecule has 0 heterocycles. The second-order valence-corrected chi connectivity index (χ2v) is 7.31. The van der Waals surface area contributed by atoms with Gasteiger partial charge in [0, 0.05) is 0 Å². The van der Waals surface area contributed by atoms with E-state index in [2.05, 4.69) is 36.4 Å². The number of benzene rings is 2. The fourth-order valence-corrected chi connectivity index (χ4v) is 4.30. The van der Waals surface area contributed by atoms with Gasteiger partial charge in [0.25, 0.3) is 0 Å². The second kappa shape index (κ2) is 6.99. The van der Waals surface area contributed by atoms with Crippen LogP contribution in [0.4, 0.5) is 0 Å². The molecule has 0 saturated heterocycles. The molecule has 2 bridgehead atoms. The van der Waals surface area contributed by atoms with Crippen molar-refractivity contribution >= 4 is 12.2 Å². The summed E-state index contributed by atoms with van der Waals surface area (Å²) in [5.41, 5.74) is 4.35. The molecule has 2 aliphatic carbocycles. The Morgan fingerprint density at radius 1 is 0.640 bits per heavy atom. The van der Waals surface area contributed by atoms with Crippen LogP contribution in [0.5, 0.6) is 0 Å². The van der Waals surface area contributed by atoms with Crippen LogP contribution in [0.3, 0.4) is 0 Å². The Kier molecular flexibility index (Phi) is 4.56. The van der Waals surface area contributed by atoms with Crippen LogP contribution in [0.1, 0.15) is 30.4 Å². The molecule has 0 radical (unpaired) electrons. The van der Waals surface area contributed by atoms with Gasteiger partial charge >= 0.3 is 0 Å². The first-order valence-electron chi connectivity index (χ1n) is 9.08. The van der Waals surface area contributed by atoms with Crippen LogP contribution >= 0.6 is 0 Å². The lowest BCUT2D eigenvalue weighted by Gasteiger charge is -2.43. The third-order valence-electron chi connectivity index (χ3n) is 5.56. The zero-order valence-corrected chi connectivity index (χ0v) is 14.3. The summed E-state index contributed by atoms with van der Waals surface area (Å²) in [5, 5.41) is 21.7. The average Bonchev–Trinajstić information content (AvgIpc) is 2.65. The second-order valence-electron chi connectivity index (χ2n) is 7.31. The Morgan fingerprint density at radius 2 is 1.04 bits per heavy atom. The highest BCUT2D eigenvalue weighted by Gasteiger charge is 2.41. The Labute approximate surface area is 149 Å². The monoisotopic (exact) mass is 332 g/mol. The van der Waals surface area contributed by atoms with E-state index in [1.165, 1.54) is 0 Å². The van der Waals surface area contributed by atoms with Crippen molar-refractivity contribution in [3.8, 4) is 0 Å². The minimum absolute atomic E-state index is 0.201. The summed E-state index contributed by atoms with van der Waals surface area (Å²) >= 11 is 0. The highest BCUT2D eigenvalue weighted by molar-refractivity contribution is 5.57. The molecular weight excluding hydrogens is 308 g/mol. The third-order valence-corrected chi connectivity index (χ3v) is 5.56. The number of hydrogen-bond acceptors (Lipinski definition) is 2. The van der Waals surface area contributed by atoms with Crippen LogP contribution in [-0.2, 0) is 0 Å². The van der Waals surface area contributed by atoms with Gasteiger partial charge in [-0.1, -0.05) is 72.8 Å². The summed E-state index contributed by atoms with van der Waals surface area (Å²) in [6, 6.07) is 20.3. The lowest BCUT2D eigenvalue weighted by atomic mass is 9.65. The summed E-state index contributed by atoms with van der Waals surface area (Å²) in [7, 11) is 0. The van der Waals surface area contributed by atoms with Gasteiger partial charge in [-0.3, -0.25) is 0 Å². The number of aliphatic hydroxyl groups excluding tert-OH is 2. The predicted octanol–water partition coefficient (Wildman–Crippen LogP) is 4.31. The molecule has 4 atom stereocenters. The molecular formula is C23H24O2. The molecule has 2 fully saturated rings. The smallest absolute Gasteiger partial charge is 0.0784 e. The van der Waals surface area contributed by atoms with Crippen molar-refractivity contribution in [3.63, 3.8) is 0 Å². The lowest BCUT2D eigenvalue weighted by molar-refractivity contribution is 0.0229. The zero-order valence-electron chi connectivity index (χ0n) is 14.3. The highest BCUT2D eigenvalue weighted by Crippen LogP contribution is 2.45. The topological polar surface area (TPSA) is 40.5 Å². The van der Waals surface area contributed by atoms with Crippen molar-refractivity contribution in [1.29, 1.82) is 0 Å². The van der Waals surface area contributed by atoms with E-state index >= 15 is 0 Å². The molecule has 4 rings (SSSR count). The van der Waals surface area contributed by atoms with Crippen LogP contribution in [0, 0.1) is 11.8 Å². The van der Waals surface area contributed by atoms with E-state index in [1.54, 1.807) is 0 Å². The molecule has 2 heteroatoms. The van der Waals surface area contributed by atoms with Gasteiger partial charge in [0.05, 0.1) is 12.2 Å². The van der Waals surface area contributed by atoms with E-state index < -0.39 is 12.2 Å². The summed E-state index contributed by atoms with van der Waals surface area (Å²) in [5.74, 6) is 0.402. The molecule has 2 nitrogen and oxygen atoms in total. The zero-order chi connectivity index (χ0) is 17.2. The van der Waals surface area contributed by atoms with Gasteiger partial charge in [0.2, 0.25) is 0 Å². The van der Waals surface area contributed by atoms with Crippen LogP contribution in [0.15, 0.2) is 71.8 Å². The van der Waals surface area contributed by atoms with E-state index in [4.69, 9.17) is 0 Å². The maximum absolute atomic E-state index is 10.8. The molecule has 0 amide bonds. The molecule has 128 valence electrons.